The van der Waals surface area contributed by atoms with Crippen molar-refractivity contribution in [2.75, 3.05) is 6.54 Å². The van der Waals surface area contributed by atoms with Gasteiger partial charge in [0, 0.05) is 13.1 Å². The zero-order valence-corrected chi connectivity index (χ0v) is 10.6. The molecule has 0 atom stereocenters. The Kier molecular flexibility index (Phi) is 5.87. The molecule has 1 aromatic rings. The number of thiophene rings is 1. The van der Waals surface area contributed by atoms with Gasteiger partial charge in [-0.1, -0.05) is 0 Å². The number of carbonyl (C=O) groups excluding carboxylic acids is 1. The summed E-state index contributed by atoms with van der Waals surface area (Å²) in [6.45, 7) is 4.64. The number of nitrogens with one attached hydrogen (secondary N) is 1. The molecule has 0 aliphatic rings. The van der Waals surface area contributed by atoms with Gasteiger partial charge in [0.25, 0.3) is 0 Å². The van der Waals surface area contributed by atoms with Gasteiger partial charge in [0.15, 0.2) is 0 Å². The molecule has 0 saturated carbocycles. The van der Waals surface area contributed by atoms with E-state index in [2.05, 4.69) is 5.32 Å². The van der Waals surface area contributed by atoms with Crippen LogP contribution in [0.4, 0.5) is 0 Å². The fourth-order valence-electron chi connectivity index (χ4n) is 0.908. The predicted octanol–water partition coefficient (Wildman–Crippen LogP) is 1.77. The number of hydrogen-bond donors (Lipinski definition) is 2. The summed E-state index contributed by atoms with van der Waals surface area (Å²) in [6, 6.07) is 2.00. The first-order chi connectivity index (χ1) is 6.56. The molecule has 86 valence electrons. The molecule has 0 aliphatic carbocycles. The molecule has 0 radical (unpaired) electrons. The molecule has 3 nitrogen and oxygen atoms in total. The van der Waals surface area contributed by atoms with Crippen LogP contribution in [-0.2, 0) is 11.3 Å². The van der Waals surface area contributed by atoms with E-state index >= 15 is 0 Å². The summed E-state index contributed by atoms with van der Waals surface area (Å²) >= 11 is 1.63. The normalized spacial score (nSPS) is 10.6. The van der Waals surface area contributed by atoms with Crippen LogP contribution in [0.25, 0.3) is 0 Å². The van der Waals surface area contributed by atoms with Crippen molar-refractivity contribution < 1.29 is 4.79 Å². The Hall–Kier alpha value is -0.580. The second kappa shape index (κ2) is 6.10. The smallest absolute Gasteiger partial charge is 0.227 e. The zero-order valence-electron chi connectivity index (χ0n) is 8.95. The lowest BCUT2D eigenvalue weighted by Crippen LogP contribution is -2.41. The van der Waals surface area contributed by atoms with Gasteiger partial charge < -0.3 is 11.1 Å². The van der Waals surface area contributed by atoms with Gasteiger partial charge in [0.1, 0.15) is 0 Å². The Morgan fingerprint density at radius 3 is 2.73 bits per heavy atom. The van der Waals surface area contributed by atoms with E-state index in [0.717, 1.165) is 5.56 Å². The molecule has 3 N–H and O–H groups in total. The summed E-state index contributed by atoms with van der Waals surface area (Å²) in [5.41, 5.74) is 6.16. The maximum Gasteiger partial charge on any atom is 0.227 e. The van der Waals surface area contributed by atoms with E-state index in [1.165, 1.54) is 0 Å². The number of carbonyl (C=O) groups is 1. The van der Waals surface area contributed by atoms with Crippen LogP contribution in [0.5, 0.6) is 0 Å². The Bertz CT molecular complexity index is 298. The highest BCUT2D eigenvalue weighted by atomic mass is 35.5. The van der Waals surface area contributed by atoms with Crippen LogP contribution in [0.1, 0.15) is 19.4 Å². The molecule has 1 aromatic heterocycles. The zero-order chi connectivity index (χ0) is 10.6. The van der Waals surface area contributed by atoms with Crippen molar-refractivity contribution in [2.45, 2.75) is 20.4 Å². The van der Waals surface area contributed by atoms with Crippen LogP contribution in [-0.4, -0.2) is 12.5 Å². The topological polar surface area (TPSA) is 55.1 Å². The summed E-state index contributed by atoms with van der Waals surface area (Å²) in [4.78, 5) is 11.6. The van der Waals surface area contributed by atoms with Crippen LogP contribution in [0.15, 0.2) is 16.8 Å². The second-order valence-electron chi connectivity index (χ2n) is 3.90. The SMILES string of the molecule is CC(C)(CN)C(=O)NCc1ccsc1.Cl. The van der Waals surface area contributed by atoms with Crippen molar-refractivity contribution in [1.82, 2.24) is 5.32 Å². The van der Waals surface area contributed by atoms with Crippen molar-refractivity contribution in [3.8, 4) is 0 Å². The van der Waals surface area contributed by atoms with E-state index in [9.17, 15) is 4.79 Å². The predicted molar refractivity (Wildman–Crippen MR) is 66.2 cm³/mol. The standard InChI is InChI=1S/C10H16N2OS.ClH/c1-10(2,7-11)9(13)12-5-8-3-4-14-6-8;/h3-4,6H,5,7,11H2,1-2H3,(H,12,13);1H. The summed E-state index contributed by atoms with van der Waals surface area (Å²) in [7, 11) is 0. The largest absolute Gasteiger partial charge is 0.351 e. The Balaban J connectivity index is 0.00000196. The molecule has 1 amide bonds. The lowest BCUT2D eigenvalue weighted by Gasteiger charge is -2.20. The molecule has 0 unspecified atom stereocenters. The molecular formula is C10H17ClN2OS. The number of nitrogens with two attached hydrogens (primary N) is 1. The maximum atomic E-state index is 11.6. The summed E-state index contributed by atoms with van der Waals surface area (Å²) < 4.78 is 0. The van der Waals surface area contributed by atoms with Gasteiger partial charge in [-0.05, 0) is 36.2 Å². The minimum absolute atomic E-state index is 0. The van der Waals surface area contributed by atoms with Crippen LogP contribution in [0.3, 0.4) is 0 Å². The van der Waals surface area contributed by atoms with Crippen LogP contribution >= 0.6 is 23.7 Å². The third-order valence-corrected chi connectivity index (χ3v) is 2.89. The van der Waals surface area contributed by atoms with E-state index in [0.29, 0.717) is 13.1 Å². The number of halogens is 1. The molecule has 0 saturated heterocycles. The highest BCUT2D eigenvalue weighted by molar-refractivity contribution is 7.07. The molecule has 0 fully saturated rings. The summed E-state index contributed by atoms with van der Waals surface area (Å²) in [6.07, 6.45) is 0. The molecule has 15 heavy (non-hydrogen) atoms. The fraction of sp³-hybridized carbons (Fsp3) is 0.500. The second-order valence-corrected chi connectivity index (χ2v) is 4.68. The first-order valence-corrected chi connectivity index (χ1v) is 5.50. The van der Waals surface area contributed by atoms with Crippen LogP contribution in [0, 0.1) is 5.41 Å². The minimum atomic E-state index is -0.476. The highest BCUT2D eigenvalue weighted by Gasteiger charge is 2.25. The highest BCUT2D eigenvalue weighted by Crippen LogP contribution is 2.13. The van der Waals surface area contributed by atoms with Crippen LogP contribution in [0.2, 0.25) is 0 Å². The van der Waals surface area contributed by atoms with Gasteiger partial charge >= 0.3 is 0 Å². The number of rotatable bonds is 4. The summed E-state index contributed by atoms with van der Waals surface area (Å²) in [5.74, 6) is 0.00574. The van der Waals surface area contributed by atoms with E-state index in [1.54, 1.807) is 11.3 Å². The average molecular weight is 249 g/mol. The Morgan fingerprint density at radius 2 is 2.27 bits per heavy atom. The lowest BCUT2D eigenvalue weighted by atomic mass is 9.93. The summed E-state index contributed by atoms with van der Waals surface area (Å²) in [5, 5.41) is 6.88. The van der Waals surface area contributed by atoms with E-state index in [4.69, 9.17) is 5.73 Å². The van der Waals surface area contributed by atoms with Gasteiger partial charge in [-0.15, -0.1) is 12.4 Å². The third-order valence-electron chi connectivity index (χ3n) is 2.16. The molecule has 0 bridgehead atoms. The molecule has 0 aliphatic heterocycles. The third kappa shape index (κ3) is 4.20. The Morgan fingerprint density at radius 1 is 1.60 bits per heavy atom. The molecule has 5 heteroatoms. The molecule has 1 rings (SSSR count). The fourth-order valence-corrected chi connectivity index (χ4v) is 1.58. The van der Waals surface area contributed by atoms with Crippen molar-refractivity contribution in [3.05, 3.63) is 22.4 Å². The monoisotopic (exact) mass is 248 g/mol. The van der Waals surface area contributed by atoms with Gasteiger partial charge in [-0.25, -0.2) is 0 Å². The molecule has 0 spiro atoms. The molecule has 0 aromatic carbocycles. The van der Waals surface area contributed by atoms with Crippen LogP contribution < -0.4 is 11.1 Å². The van der Waals surface area contributed by atoms with Crippen molar-refractivity contribution in [2.24, 2.45) is 11.1 Å². The van der Waals surface area contributed by atoms with E-state index < -0.39 is 5.41 Å². The van der Waals surface area contributed by atoms with Crippen molar-refractivity contribution in [3.63, 3.8) is 0 Å². The van der Waals surface area contributed by atoms with Gasteiger partial charge in [-0.2, -0.15) is 11.3 Å². The lowest BCUT2D eigenvalue weighted by molar-refractivity contribution is -0.129. The average Bonchev–Trinajstić information content (AvgIpc) is 2.66. The maximum absolute atomic E-state index is 11.6. The van der Waals surface area contributed by atoms with Crippen molar-refractivity contribution in [1.29, 1.82) is 0 Å². The minimum Gasteiger partial charge on any atom is -0.351 e. The van der Waals surface area contributed by atoms with Crippen molar-refractivity contribution >= 4 is 29.7 Å². The molecular weight excluding hydrogens is 232 g/mol. The van der Waals surface area contributed by atoms with E-state index in [-0.39, 0.29) is 18.3 Å². The number of amides is 1. The van der Waals surface area contributed by atoms with Gasteiger partial charge in [0.2, 0.25) is 5.91 Å². The first kappa shape index (κ1) is 14.4. The molecule has 1 heterocycles. The van der Waals surface area contributed by atoms with Gasteiger partial charge in [-0.3, -0.25) is 4.79 Å². The number of hydrogen-bond acceptors (Lipinski definition) is 3. The van der Waals surface area contributed by atoms with E-state index in [1.807, 2.05) is 30.7 Å². The Labute approximate surface area is 100 Å². The quantitative estimate of drug-likeness (QED) is 0.853. The van der Waals surface area contributed by atoms with Gasteiger partial charge in [0.05, 0.1) is 5.41 Å². The first-order valence-electron chi connectivity index (χ1n) is 4.56.